The molecular formula is C12H14FN3O5. The van der Waals surface area contributed by atoms with Crippen molar-refractivity contribution in [1.82, 2.24) is 9.96 Å². The molecule has 0 aromatic rings. The Morgan fingerprint density at radius 1 is 1.48 bits per heavy atom. The van der Waals surface area contributed by atoms with E-state index in [0.717, 1.165) is 18.4 Å². The minimum Gasteiger partial charge on any atom is -0.477 e. The maximum absolute atomic E-state index is 13.2. The second-order valence-electron chi connectivity index (χ2n) is 5.33. The second-order valence-corrected chi connectivity index (χ2v) is 5.33. The van der Waals surface area contributed by atoms with Gasteiger partial charge in [0.1, 0.15) is 6.04 Å². The van der Waals surface area contributed by atoms with Crippen LogP contribution in [0, 0.1) is 5.92 Å². The number of fused-ring (bicyclic) bond motifs is 2. The Kier molecular flexibility index (Phi) is 3.08. The van der Waals surface area contributed by atoms with E-state index >= 15 is 0 Å². The minimum atomic E-state index is -2.64. The van der Waals surface area contributed by atoms with Crippen molar-refractivity contribution in [2.45, 2.75) is 31.3 Å². The Hall–Kier alpha value is -2.16. The highest BCUT2D eigenvalue weighted by Gasteiger charge is 2.51. The van der Waals surface area contributed by atoms with Gasteiger partial charge in [-0.05, 0) is 24.3 Å². The van der Waals surface area contributed by atoms with E-state index in [4.69, 9.17) is 10.8 Å². The molecule has 1 aliphatic carbocycles. The van der Waals surface area contributed by atoms with Crippen LogP contribution in [0.5, 0.6) is 0 Å². The fourth-order valence-electron chi connectivity index (χ4n) is 2.81. The molecule has 2 bridgehead atoms. The first-order valence-corrected chi connectivity index (χ1v) is 6.54. The van der Waals surface area contributed by atoms with Crippen LogP contribution in [-0.4, -0.2) is 58.0 Å². The second kappa shape index (κ2) is 4.69. The molecule has 0 unspecified atom stereocenters. The van der Waals surface area contributed by atoms with Crippen LogP contribution >= 0.6 is 0 Å². The molecule has 2 fully saturated rings. The van der Waals surface area contributed by atoms with E-state index in [1.54, 1.807) is 6.08 Å². The number of carbonyl (C=O) groups is 3. The smallest absolute Gasteiger partial charge is 0.368 e. The average molecular weight is 299 g/mol. The summed E-state index contributed by atoms with van der Waals surface area (Å²) in [5, 5.41) is 9.19. The number of aliphatic carboxylic acids is 1. The van der Waals surface area contributed by atoms with Crippen LogP contribution < -0.4 is 5.73 Å². The van der Waals surface area contributed by atoms with Crippen LogP contribution in [0.2, 0.25) is 0 Å². The quantitative estimate of drug-likeness (QED) is 0.671. The standard InChI is InChI=1S/C12H14FN3O5/c13-9(11(18)19)21-16-6-3-7(5-1-2-5)8(10(14)17)15(4-6)12(16)20/h3,5-6,8-9H,1-2,4H2,(H2,14,17)(H,18,19)/t6-,8-,9+/m0/s1. The number of hydrogen-bond donors (Lipinski definition) is 2. The van der Waals surface area contributed by atoms with Gasteiger partial charge in [-0.25, -0.2) is 18.8 Å². The molecule has 0 aromatic carbocycles. The van der Waals surface area contributed by atoms with Crippen LogP contribution in [0.1, 0.15) is 12.8 Å². The third-order valence-corrected chi connectivity index (χ3v) is 3.85. The van der Waals surface area contributed by atoms with Gasteiger partial charge in [0.2, 0.25) is 5.91 Å². The molecule has 3 rings (SSSR count). The van der Waals surface area contributed by atoms with Gasteiger partial charge in [0, 0.05) is 0 Å². The first kappa shape index (κ1) is 13.8. The van der Waals surface area contributed by atoms with Crippen LogP contribution in [0.3, 0.4) is 0 Å². The van der Waals surface area contributed by atoms with E-state index in [-0.39, 0.29) is 12.5 Å². The molecule has 1 saturated carbocycles. The van der Waals surface area contributed by atoms with Gasteiger partial charge >= 0.3 is 18.4 Å². The molecule has 9 heteroatoms. The van der Waals surface area contributed by atoms with Crippen molar-refractivity contribution in [3.8, 4) is 0 Å². The van der Waals surface area contributed by atoms with E-state index in [0.29, 0.717) is 5.06 Å². The summed E-state index contributed by atoms with van der Waals surface area (Å²) in [6.07, 6.45) is 0.848. The highest BCUT2D eigenvalue weighted by atomic mass is 19.1. The van der Waals surface area contributed by atoms with Crippen molar-refractivity contribution in [1.29, 1.82) is 0 Å². The summed E-state index contributed by atoms with van der Waals surface area (Å²) in [6.45, 7) is 0.120. The first-order chi connectivity index (χ1) is 9.90. The van der Waals surface area contributed by atoms with E-state index in [2.05, 4.69) is 4.84 Å². The lowest BCUT2D eigenvalue weighted by Crippen LogP contribution is -2.49. The van der Waals surface area contributed by atoms with Crippen molar-refractivity contribution in [2.75, 3.05) is 6.54 Å². The van der Waals surface area contributed by atoms with Gasteiger partial charge in [0.05, 0.1) is 12.6 Å². The number of alkyl halides is 1. The number of urea groups is 1. The third kappa shape index (κ3) is 2.23. The topological polar surface area (TPSA) is 113 Å². The summed E-state index contributed by atoms with van der Waals surface area (Å²) in [4.78, 5) is 40.1. The fraction of sp³-hybridized carbons (Fsp3) is 0.583. The highest BCUT2D eigenvalue weighted by Crippen LogP contribution is 2.43. The van der Waals surface area contributed by atoms with Crippen molar-refractivity contribution in [3.63, 3.8) is 0 Å². The number of nitrogens with zero attached hydrogens (tertiary/aromatic N) is 2. The molecule has 21 heavy (non-hydrogen) atoms. The molecule has 0 radical (unpaired) electrons. The molecule has 1 saturated heterocycles. The average Bonchev–Trinajstić information content (AvgIpc) is 3.23. The third-order valence-electron chi connectivity index (χ3n) is 3.85. The summed E-state index contributed by atoms with van der Waals surface area (Å²) >= 11 is 0. The molecule has 0 aromatic heterocycles. The van der Waals surface area contributed by atoms with E-state index in [1.807, 2.05) is 0 Å². The zero-order valence-corrected chi connectivity index (χ0v) is 10.9. The lowest BCUT2D eigenvalue weighted by Gasteiger charge is -2.29. The Bertz CT molecular complexity index is 547. The summed E-state index contributed by atoms with van der Waals surface area (Å²) in [5.74, 6) is -2.28. The fourth-order valence-corrected chi connectivity index (χ4v) is 2.81. The van der Waals surface area contributed by atoms with Gasteiger partial charge in [-0.15, -0.1) is 0 Å². The highest BCUT2D eigenvalue weighted by molar-refractivity contribution is 5.91. The molecule has 2 aliphatic heterocycles. The Morgan fingerprint density at radius 3 is 2.67 bits per heavy atom. The van der Waals surface area contributed by atoms with E-state index in [1.165, 1.54) is 4.90 Å². The number of hydrogen-bond acceptors (Lipinski definition) is 4. The van der Waals surface area contributed by atoms with Crippen molar-refractivity contribution < 1.29 is 28.7 Å². The number of carboxylic acid groups (broad SMARTS) is 1. The normalized spacial score (nSPS) is 29.4. The number of nitrogens with two attached hydrogens (primary N) is 1. The monoisotopic (exact) mass is 299 g/mol. The molecule has 0 spiro atoms. The zero-order valence-electron chi connectivity index (χ0n) is 10.9. The predicted octanol–water partition coefficient (Wildman–Crippen LogP) is -0.392. The summed E-state index contributed by atoms with van der Waals surface area (Å²) in [6, 6.07) is -2.22. The summed E-state index contributed by atoms with van der Waals surface area (Å²) in [5.41, 5.74) is 6.10. The molecule has 3 amide bonds. The Balaban J connectivity index is 1.87. The maximum atomic E-state index is 13.2. The van der Waals surface area contributed by atoms with Gasteiger partial charge in [-0.2, -0.15) is 5.06 Å². The van der Waals surface area contributed by atoms with Crippen molar-refractivity contribution >= 4 is 17.9 Å². The molecular weight excluding hydrogens is 285 g/mol. The van der Waals surface area contributed by atoms with Gasteiger partial charge in [-0.1, -0.05) is 6.08 Å². The minimum absolute atomic E-state index is 0.120. The van der Waals surface area contributed by atoms with E-state index in [9.17, 15) is 18.8 Å². The van der Waals surface area contributed by atoms with Gasteiger partial charge < -0.3 is 15.7 Å². The molecule has 3 atom stereocenters. The first-order valence-electron chi connectivity index (χ1n) is 6.54. The predicted molar refractivity (Wildman–Crippen MR) is 65.1 cm³/mol. The summed E-state index contributed by atoms with van der Waals surface area (Å²) < 4.78 is 13.2. The SMILES string of the molecule is NC(=O)[C@@H]1C(C2CC2)=C[C@H]2CN1C(=O)N2O[C@@H](F)C(=O)O. The molecule has 114 valence electrons. The number of rotatable bonds is 5. The van der Waals surface area contributed by atoms with Crippen LogP contribution in [0.4, 0.5) is 9.18 Å². The van der Waals surface area contributed by atoms with E-state index < -0.39 is 36.3 Å². The maximum Gasteiger partial charge on any atom is 0.368 e. The number of hydroxylamine groups is 2. The van der Waals surface area contributed by atoms with Crippen LogP contribution in [0.25, 0.3) is 0 Å². The van der Waals surface area contributed by atoms with Crippen LogP contribution in [0.15, 0.2) is 11.6 Å². The number of carbonyl (C=O) groups excluding carboxylic acids is 2. The zero-order chi connectivity index (χ0) is 15.3. The molecule has 8 nitrogen and oxygen atoms in total. The number of primary amides is 1. The van der Waals surface area contributed by atoms with Crippen LogP contribution in [-0.2, 0) is 14.4 Å². The largest absolute Gasteiger partial charge is 0.477 e. The number of carboxylic acids is 1. The molecule has 2 heterocycles. The lowest BCUT2D eigenvalue weighted by atomic mass is 9.95. The Labute approximate surface area is 118 Å². The lowest BCUT2D eigenvalue weighted by molar-refractivity contribution is -0.219. The van der Waals surface area contributed by atoms with Gasteiger partial charge in [-0.3, -0.25) is 4.79 Å². The Morgan fingerprint density at radius 2 is 2.14 bits per heavy atom. The van der Waals surface area contributed by atoms with Gasteiger partial charge in [0.25, 0.3) is 0 Å². The molecule has 3 N–H and O–H groups in total. The van der Waals surface area contributed by atoms with Gasteiger partial charge in [0.15, 0.2) is 0 Å². The number of halogens is 1. The summed E-state index contributed by atoms with van der Waals surface area (Å²) in [7, 11) is 0. The molecule has 3 aliphatic rings. The van der Waals surface area contributed by atoms with Crippen molar-refractivity contribution in [3.05, 3.63) is 11.6 Å². The number of amides is 3. The van der Waals surface area contributed by atoms with Crippen molar-refractivity contribution in [2.24, 2.45) is 11.7 Å².